The van der Waals surface area contributed by atoms with Crippen LogP contribution in [0.1, 0.15) is 32.6 Å². The first kappa shape index (κ1) is 18.3. The number of anilines is 1. The van der Waals surface area contributed by atoms with Gasteiger partial charge >= 0.3 is 0 Å². The smallest absolute Gasteiger partial charge is 0.263 e. The Kier molecular flexibility index (Phi) is 5.82. The third kappa shape index (κ3) is 4.47. The van der Waals surface area contributed by atoms with Crippen molar-refractivity contribution in [3.05, 3.63) is 24.3 Å². The monoisotopic (exact) mass is 353 g/mol. The van der Waals surface area contributed by atoms with Crippen LogP contribution in [0.3, 0.4) is 0 Å². The number of sulfonamides is 1. The molecule has 132 valence electrons. The Balaban J connectivity index is 2.19. The first-order chi connectivity index (χ1) is 11.3. The van der Waals surface area contributed by atoms with Crippen molar-refractivity contribution in [2.24, 2.45) is 5.10 Å². The lowest BCUT2D eigenvalue weighted by atomic mass is 10.2. The van der Waals surface area contributed by atoms with Gasteiger partial charge in [-0.2, -0.15) is 5.10 Å². The third-order valence-electron chi connectivity index (χ3n) is 3.92. The maximum atomic E-state index is 12.3. The van der Waals surface area contributed by atoms with Crippen molar-refractivity contribution in [3.8, 4) is 5.75 Å². The lowest BCUT2D eigenvalue weighted by Crippen LogP contribution is -2.46. The minimum atomic E-state index is -3.64. The zero-order valence-corrected chi connectivity index (χ0v) is 15.0. The summed E-state index contributed by atoms with van der Waals surface area (Å²) in [7, 11) is -2.11. The number of amides is 1. The molecule has 0 saturated heterocycles. The zero-order chi connectivity index (χ0) is 17.7. The average molecular weight is 353 g/mol. The number of hydrogen-bond donors (Lipinski definition) is 1. The van der Waals surface area contributed by atoms with Gasteiger partial charge in [0.15, 0.2) is 0 Å². The number of rotatable bonds is 6. The van der Waals surface area contributed by atoms with Crippen molar-refractivity contribution in [1.82, 2.24) is 5.43 Å². The van der Waals surface area contributed by atoms with E-state index in [0.717, 1.165) is 42.0 Å². The van der Waals surface area contributed by atoms with Crippen LogP contribution in [-0.2, 0) is 14.8 Å². The van der Waals surface area contributed by atoms with Gasteiger partial charge in [-0.15, -0.1) is 0 Å². The molecule has 1 fully saturated rings. The molecule has 1 aromatic rings. The van der Waals surface area contributed by atoms with Crippen LogP contribution in [0.4, 0.5) is 5.69 Å². The summed E-state index contributed by atoms with van der Waals surface area (Å²) in [5.74, 6) is 0.146. The van der Waals surface area contributed by atoms with Crippen molar-refractivity contribution in [2.75, 3.05) is 17.7 Å². The summed E-state index contributed by atoms with van der Waals surface area (Å²) in [6, 6.07) is 5.59. The second-order valence-corrected chi connectivity index (χ2v) is 7.65. The largest absolute Gasteiger partial charge is 0.497 e. The highest BCUT2D eigenvalue weighted by molar-refractivity contribution is 7.92. The molecule has 1 N–H and O–H groups in total. The van der Waals surface area contributed by atoms with Crippen molar-refractivity contribution < 1.29 is 17.9 Å². The summed E-state index contributed by atoms with van der Waals surface area (Å²) in [5, 5.41) is 4.11. The van der Waals surface area contributed by atoms with Gasteiger partial charge in [0, 0.05) is 5.71 Å². The highest BCUT2D eigenvalue weighted by atomic mass is 32.2. The van der Waals surface area contributed by atoms with Gasteiger partial charge in [-0.25, -0.2) is 13.8 Å². The molecular weight excluding hydrogens is 330 g/mol. The van der Waals surface area contributed by atoms with Gasteiger partial charge in [0.05, 0.1) is 19.1 Å². The molecule has 1 saturated carbocycles. The summed E-state index contributed by atoms with van der Waals surface area (Å²) < 4.78 is 30.5. The van der Waals surface area contributed by atoms with E-state index in [1.807, 2.05) is 0 Å². The van der Waals surface area contributed by atoms with Crippen molar-refractivity contribution in [3.63, 3.8) is 0 Å². The van der Waals surface area contributed by atoms with Gasteiger partial charge in [0.1, 0.15) is 11.8 Å². The van der Waals surface area contributed by atoms with Crippen LogP contribution >= 0.6 is 0 Å². The summed E-state index contributed by atoms with van der Waals surface area (Å²) >= 11 is 0. The normalized spacial score (nSPS) is 15.7. The molecule has 0 spiro atoms. The minimum Gasteiger partial charge on any atom is -0.497 e. The highest BCUT2D eigenvalue weighted by Gasteiger charge is 2.29. The molecule has 0 bridgehead atoms. The predicted molar refractivity (Wildman–Crippen MR) is 93.8 cm³/mol. The number of benzene rings is 1. The molecule has 24 heavy (non-hydrogen) atoms. The molecule has 0 unspecified atom stereocenters. The van der Waals surface area contributed by atoms with Crippen molar-refractivity contribution in [2.45, 2.75) is 38.6 Å². The Morgan fingerprint density at radius 3 is 2.33 bits per heavy atom. The van der Waals surface area contributed by atoms with E-state index in [0.29, 0.717) is 11.4 Å². The fraction of sp³-hybridized carbons (Fsp3) is 0.500. The van der Waals surface area contributed by atoms with Crippen LogP contribution in [0.25, 0.3) is 0 Å². The Hall–Kier alpha value is -2.09. The Morgan fingerprint density at radius 1 is 1.25 bits per heavy atom. The first-order valence-corrected chi connectivity index (χ1v) is 9.66. The zero-order valence-electron chi connectivity index (χ0n) is 14.2. The molecule has 0 radical (unpaired) electrons. The van der Waals surface area contributed by atoms with Crippen LogP contribution in [-0.4, -0.2) is 39.4 Å². The van der Waals surface area contributed by atoms with Crippen LogP contribution in [0.2, 0.25) is 0 Å². The molecule has 1 atom stereocenters. The topological polar surface area (TPSA) is 88.1 Å². The van der Waals surface area contributed by atoms with E-state index in [-0.39, 0.29) is 0 Å². The summed E-state index contributed by atoms with van der Waals surface area (Å²) in [4.78, 5) is 12.3. The fourth-order valence-corrected chi connectivity index (χ4v) is 3.84. The molecular formula is C16H23N3O4S. The van der Waals surface area contributed by atoms with E-state index >= 15 is 0 Å². The SMILES string of the molecule is COc1ccc(N([C@H](C)C(=O)NN=C2CCCC2)S(C)(=O)=O)cc1. The molecule has 0 aliphatic heterocycles. The number of carbonyl (C=O) groups is 1. The number of carbonyl (C=O) groups excluding carboxylic acids is 1. The van der Waals surface area contributed by atoms with Crippen LogP contribution in [0, 0.1) is 0 Å². The molecule has 0 heterocycles. The van der Waals surface area contributed by atoms with Gasteiger partial charge in [-0.3, -0.25) is 9.10 Å². The van der Waals surface area contributed by atoms with Gasteiger partial charge in [0.2, 0.25) is 10.0 Å². The second kappa shape index (κ2) is 7.65. The maximum Gasteiger partial charge on any atom is 0.263 e. The molecule has 2 rings (SSSR count). The highest BCUT2D eigenvalue weighted by Crippen LogP contribution is 2.24. The van der Waals surface area contributed by atoms with Crippen LogP contribution < -0.4 is 14.5 Å². The molecule has 1 aliphatic rings. The number of methoxy groups -OCH3 is 1. The van der Waals surface area contributed by atoms with E-state index in [4.69, 9.17) is 4.74 Å². The molecule has 1 amide bonds. The molecule has 1 aliphatic carbocycles. The van der Waals surface area contributed by atoms with Crippen molar-refractivity contribution in [1.29, 1.82) is 0 Å². The first-order valence-electron chi connectivity index (χ1n) is 7.81. The number of hydrazone groups is 1. The molecule has 7 nitrogen and oxygen atoms in total. The van der Waals surface area contributed by atoms with E-state index in [2.05, 4.69) is 10.5 Å². The van der Waals surface area contributed by atoms with E-state index in [1.54, 1.807) is 24.3 Å². The Morgan fingerprint density at radius 2 is 1.83 bits per heavy atom. The van der Waals surface area contributed by atoms with E-state index < -0.39 is 22.0 Å². The summed E-state index contributed by atoms with van der Waals surface area (Å²) in [6.45, 7) is 1.54. The number of hydrogen-bond acceptors (Lipinski definition) is 5. The second-order valence-electron chi connectivity index (χ2n) is 5.79. The minimum absolute atomic E-state index is 0.398. The van der Waals surface area contributed by atoms with Crippen LogP contribution in [0.5, 0.6) is 5.75 Å². The third-order valence-corrected chi connectivity index (χ3v) is 5.16. The molecule has 8 heteroatoms. The standard InChI is InChI=1S/C16H23N3O4S/c1-12(16(20)18-17-13-6-4-5-7-13)19(24(3,21)22)14-8-10-15(23-2)11-9-14/h8-12H,4-7H2,1-3H3,(H,18,20)/t12-/m1/s1. The lowest BCUT2D eigenvalue weighted by Gasteiger charge is -2.27. The van der Waals surface area contributed by atoms with Crippen molar-refractivity contribution >= 4 is 27.3 Å². The fourth-order valence-electron chi connectivity index (χ4n) is 2.66. The van der Waals surface area contributed by atoms with Gasteiger partial charge in [-0.1, -0.05) is 0 Å². The quantitative estimate of drug-likeness (QED) is 0.791. The number of ether oxygens (including phenoxy) is 1. The van der Waals surface area contributed by atoms with Gasteiger partial charge < -0.3 is 4.74 Å². The number of nitrogens with one attached hydrogen (secondary N) is 1. The van der Waals surface area contributed by atoms with Gasteiger partial charge in [-0.05, 0) is 56.9 Å². The number of nitrogens with zero attached hydrogens (tertiary/aromatic N) is 2. The predicted octanol–water partition coefficient (Wildman–Crippen LogP) is 1.90. The molecule has 0 aromatic heterocycles. The average Bonchev–Trinajstić information content (AvgIpc) is 3.05. The summed E-state index contributed by atoms with van der Waals surface area (Å²) in [6.07, 6.45) is 4.98. The van der Waals surface area contributed by atoms with E-state index in [9.17, 15) is 13.2 Å². The maximum absolute atomic E-state index is 12.3. The summed E-state index contributed by atoms with van der Waals surface area (Å²) in [5.41, 5.74) is 3.84. The van der Waals surface area contributed by atoms with Crippen LogP contribution in [0.15, 0.2) is 29.4 Å². The van der Waals surface area contributed by atoms with Gasteiger partial charge in [0.25, 0.3) is 5.91 Å². The van der Waals surface area contributed by atoms with E-state index in [1.165, 1.54) is 14.0 Å². The Bertz CT molecular complexity index is 705. The molecule has 1 aromatic carbocycles. The Labute approximate surface area is 142 Å². The lowest BCUT2D eigenvalue weighted by molar-refractivity contribution is -0.121.